The zero-order chi connectivity index (χ0) is 19.6. The standard InChI is InChI=1S/C23H26N2O3/c24-21(26)18-13-7-8-14-19(18)22(27)25-15-20-23(28-20,16-9-3-1-4-10-16)17-11-5-2-6-12-17/h1-6,9-12,18-20H,7-8,13-15H2,(H2,24,26)(H,25,27). The van der Waals surface area contributed by atoms with Gasteiger partial charge in [0.15, 0.2) is 0 Å². The second-order valence-corrected chi connectivity index (χ2v) is 7.72. The molecule has 0 bridgehead atoms. The van der Waals surface area contributed by atoms with E-state index in [1.54, 1.807) is 0 Å². The molecule has 2 amide bonds. The molecule has 146 valence electrons. The van der Waals surface area contributed by atoms with Gasteiger partial charge in [-0.05, 0) is 24.0 Å². The molecule has 28 heavy (non-hydrogen) atoms. The molecule has 0 radical (unpaired) electrons. The predicted molar refractivity (Wildman–Crippen MR) is 106 cm³/mol. The third-order valence-electron chi connectivity index (χ3n) is 6.06. The molecule has 3 N–H and O–H groups in total. The van der Waals surface area contributed by atoms with Crippen molar-refractivity contribution in [1.82, 2.24) is 5.32 Å². The fourth-order valence-corrected chi connectivity index (χ4v) is 4.53. The third-order valence-corrected chi connectivity index (χ3v) is 6.06. The molecule has 2 fully saturated rings. The van der Waals surface area contributed by atoms with Gasteiger partial charge in [-0.3, -0.25) is 9.59 Å². The number of ether oxygens (including phenoxy) is 1. The number of carbonyl (C=O) groups is 2. The van der Waals surface area contributed by atoms with Crippen molar-refractivity contribution in [2.45, 2.75) is 37.4 Å². The Hall–Kier alpha value is -2.66. The number of primary amides is 1. The van der Waals surface area contributed by atoms with Crippen molar-refractivity contribution in [1.29, 1.82) is 0 Å². The molecule has 4 rings (SSSR count). The van der Waals surface area contributed by atoms with Crippen molar-refractivity contribution in [3.05, 3.63) is 71.8 Å². The molecule has 0 spiro atoms. The maximum absolute atomic E-state index is 12.8. The largest absolute Gasteiger partial charge is 0.369 e. The second kappa shape index (κ2) is 7.76. The maximum Gasteiger partial charge on any atom is 0.224 e. The highest BCUT2D eigenvalue weighted by molar-refractivity contribution is 5.87. The van der Waals surface area contributed by atoms with Crippen molar-refractivity contribution in [2.24, 2.45) is 17.6 Å². The number of amides is 2. The van der Waals surface area contributed by atoms with Crippen LogP contribution in [-0.2, 0) is 19.9 Å². The van der Waals surface area contributed by atoms with E-state index >= 15 is 0 Å². The summed E-state index contributed by atoms with van der Waals surface area (Å²) in [6, 6.07) is 20.2. The van der Waals surface area contributed by atoms with Gasteiger partial charge in [-0.15, -0.1) is 0 Å². The van der Waals surface area contributed by atoms with Crippen LogP contribution in [0.4, 0.5) is 0 Å². The average Bonchev–Trinajstić information content (AvgIpc) is 3.49. The van der Waals surface area contributed by atoms with E-state index in [4.69, 9.17) is 10.5 Å². The summed E-state index contributed by atoms with van der Waals surface area (Å²) in [5.41, 5.74) is 7.13. The van der Waals surface area contributed by atoms with Crippen molar-refractivity contribution in [2.75, 3.05) is 6.54 Å². The monoisotopic (exact) mass is 378 g/mol. The summed E-state index contributed by atoms with van der Waals surface area (Å²) >= 11 is 0. The minimum absolute atomic E-state index is 0.0889. The molecule has 1 heterocycles. The van der Waals surface area contributed by atoms with Crippen LogP contribution < -0.4 is 11.1 Å². The molecule has 5 nitrogen and oxygen atoms in total. The molecule has 5 heteroatoms. The Balaban J connectivity index is 1.48. The normalized spacial score (nSPS) is 25.6. The number of hydrogen-bond acceptors (Lipinski definition) is 3. The van der Waals surface area contributed by atoms with E-state index in [2.05, 4.69) is 29.6 Å². The molecular weight excluding hydrogens is 352 g/mol. The summed E-state index contributed by atoms with van der Waals surface area (Å²) in [7, 11) is 0. The molecule has 0 aromatic heterocycles. The van der Waals surface area contributed by atoms with E-state index in [-0.39, 0.29) is 29.8 Å². The van der Waals surface area contributed by atoms with E-state index in [0.717, 1.165) is 24.0 Å². The molecule has 2 aromatic carbocycles. The second-order valence-electron chi connectivity index (χ2n) is 7.72. The number of benzene rings is 2. The lowest BCUT2D eigenvalue weighted by Gasteiger charge is -2.28. The molecule has 1 aliphatic heterocycles. The van der Waals surface area contributed by atoms with Crippen LogP contribution in [0, 0.1) is 11.8 Å². The van der Waals surface area contributed by atoms with Gasteiger partial charge in [-0.1, -0.05) is 73.5 Å². The fraction of sp³-hybridized carbons (Fsp3) is 0.391. The minimum Gasteiger partial charge on any atom is -0.369 e. The highest BCUT2D eigenvalue weighted by atomic mass is 16.6. The van der Waals surface area contributed by atoms with Gasteiger partial charge in [0.2, 0.25) is 11.8 Å². The first-order chi connectivity index (χ1) is 13.6. The van der Waals surface area contributed by atoms with E-state index in [0.29, 0.717) is 19.4 Å². The van der Waals surface area contributed by atoms with Gasteiger partial charge in [-0.25, -0.2) is 0 Å². The summed E-state index contributed by atoms with van der Waals surface area (Å²) in [4.78, 5) is 24.5. The van der Waals surface area contributed by atoms with Crippen LogP contribution in [0.2, 0.25) is 0 Å². The van der Waals surface area contributed by atoms with Gasteiger partial charge >= 0.3 is 0 Å². The van der Waals surface area contributed by atoms with E-state index < -0.39 is 5.60 Å². The summed E-state index contributed by atoms with van der Waals surface area (Å²) in [6.45, 7) is 0.407. The van der Waals surface area contributed by atoms with Crippen LogP contribution in [0.5, 0.6) is 0 Å². The molecule has 1 aliphatic carbocycles. The number of epoxide rings is 1. The zero-order valence-corrected chi connectivity index (χ0v) is 15.8. The van der Waals surface area contributed by atoms with Crippen LogP contribution >= 0.6 is 0 Å². The van der Waals surface area contributed by atoms with Gasteiger partial charge in [0.25, 0.3) is 0 Å². The van der Waals surface area contributed by atoms with Crippen LogP contribution in [0.25, 0.3) is 0 Å². The van der Waals surface area contributed by atoms with Gasteiger partial charge in [0.05, 0.1) is 0 Å². The van der Waals surface area contributed by atoms with E-state index in [1.807, 2.05) is 36.4 Å². The first-order valence-corrected chi connectivity index (χ1v) is 9.99. The van der Waals surface area contributed by atoms with Crippen LogP contribution in [-0.4, -0.2) is 24.5 Å². The van der Waals surface area contributed by atoms with Crippen molar-refractivity contribution < 1.29 is 14.3 Å². The Morgan fingerprint density at radius 2 is 1.46 bits per heavy atom. The summed E-state index contributed by atoms with van der Waals surface area (Å²) in [6.07, 6.45) is 3.18. The molecule has 2 aromatic rings. The topological polar surface area (TPSA) is 84.7 Å². The third kappa shape index (κ3) is 3.42. The van der Waals surface area contributed by atoms with Gasteiger partial charge in [-0.2, -0.15) is 0 Å². The summed E-state index contributed by atoms with van der Waals surface area (Å²) in [5.74, 6) is -1.14. The predicted octanol–water partition coefficient (Wildman–Crippen LogP) is 2.74. The Bertz CT molecular complexity index is 798. The highest BCUT2D eigenvalue weighted by Crippen LogP contribution is 2.51. The zero-order valence-electron chi connectivity index (χ0n) is 15.8. The minimum atomic E-state index is -0.536. The number of carbonyl (C=O) groups excluding carboxylic acids is 2. The van der Waals surface area contributed by atoms with Crippen LogP contribution in [0.15, 0.2) is 60.7 Å². The maximum atomic E-state index is 12.8. The van der Waals surface area contributed by atoms with Crippen molar-refractivity contribution in [3.8, 4) is 0 Å². The van der Waals surface area contributed by atoms with Gasteiger partial charge in [0, 0.05) is 18.4 Å². The average molecular weight is 378 g/mol. The fourth-order valence-electron chi connectivity index (χ4n) is 4.53. The quantitative estimate of drug-likeness (QED) is 0.758. The summed E-state index contributed by atoms with van der Waals surface area (Å²) < 4.78 is 6.18. The molecule has 3 atom stereocenters. The Kier molecular flexibility index (Phi) is 5.18. The Morgan fingerprint density at radius 3 is 2.00 bits per heavy atom. The van der Waals surface area contributed by atoms with Crippen molar-refractivity contribution >= 4 is 11.8 Å². The number of nitrogens with two attached hydrogens (primary N) is 1. The lowest BCUT2D eigenvalue weighted by molar-refractivity contribution is -0.134. The number of rotatable bonds is 6. The Labute approximate surface area is 165 Å². The van der Waals surface area contributed by atoms with E-state index in [1.165, 1.54) is 0 Å². The molecule has 2 aliphatic rings. The van der Waals surface area contributed by atoms with Gasteiger partial charge < -0.3 is 15.8 Å². The van der Waals surface area contributed by atoms with Gasteiger partial charge in [0.1, 0.15) is 11.7 Å². The van der Waals surface area contributed by atoms with Crippen LogP contribution in [0.3, 0.4) is 0 Å². The molecular formula is C23H26N2O3. The first-order valence-electron chi connectivity index (χ1n) is 9.99. The molecule has 1 saturated carbocycles. The lowest BCUT2D eigenvalue weighted by Crippen LogP contribution is -2.43. The number of hydrogen-bond donors (Lipinski definition) is 2. The molecule has 3 unspecified atom stereocenters. The highest BCUT2D eigenvalue weighted by Gasteiger charge is 2.58. The molecule has 1 saturated heterocycles. The lowest BCUT2D eigenvalue weighted by atomic mass is 9.78. The summed E-state index contributed by atoms with van der Waals surface area (Å²) in [5, 5.41) is 3.02. The van der Waals surface area contributed by atoms with Crippen LogP contribution in [0.1, 0.15) is 36.8 Å². The first kappa shape index (κ1) is 18.7. The number of nitrogens with one attached hydrogen (secondary N) is 1. The SMILES string of the molecule is NC(=O)C1CCCCC1C(=O)NCC1OC1(c1ccccc1)c1ccccc1. The van der Waals surface area contributed by atoms with E-state index in [9.17, 15) is 9.59 Å². The smallest absolute Gasteiger partial charge is 0.224 e. The Morgan fingerprint density at radius 1 is 0.929 bits per heavy atom. The van der Waals surface area contributed by atoms with Crippen molar-refractivity contribution in [3.63, 3.8) is 0 Å².